The van der Waals surface area contributed by atoms with Crippen LogP contribution >= 0.6 is 24.0 Å². The van der Waals surface area contributed by atoms with Gasteiger partial charge in [-0.3, -0.25) is 9.80 Å². The first-order valence-corrected chi connectivity index (χ1v) is 8.07. The maximum absolute atomic E-state index is 11.7. The summed E-state index contributed by atoms with van der Waals surface area (Å²) >= 11 is 6.03. The summed E-state index contributed by atoms with van der Waals surface area (Å²) in [6, 6.07) is 6.90. The average molecular weight is 347 g/mol. The highest BCUT2D eigenvalue weighted by molar-refractivity contribution is 8.26. The Hall–Kier alpha value is -2.19. The molecule has 0 aromatic heterocycles. The van der Waals surface area contributed by atoms with Crippen LogP contribution in [0.1, 0.15) is 17.5 Å². The van der Waals surface area contributed by atoms with Crippen molar-refractivity contribution in [3.63, 3.8) is 0 Å². The maximum atomic E-state index is 11.7. The summed E-state index contributed by atoms with van der Waals surface area (Å²) in [5.74, 6) is -1.32. The molecule has 23 heavy (non-hydrogen) atoms. The molecule has 1 aromatic carbocycles. The molecule has 0 unspecified atom stereocenters. The molecule has 1 aromatic rings. The van der Waals surface area contributed by atoms with Crippen molar-refractivity contribution in [1.82, 2.24) is 10.3 Å². The number of hydrogen-bond acceptors (Lipinski definition) is 6. The van der Waals surface area contributed by atoms with Crippen molar-refractivity contribution in [1.29, 1.82) is 0 Å². The van der Waals surface area contributed by atoms with Gasteiger partial charge in [-0.1, -0.05) is 53.8 Å². The molecule has 118 valence electrons. The van der Waals surface area contributed by atoms with Gasteiger partial charge < -0.3 is 10.4 Å². The number of carbonyl (C=O) groups is 2. The van der Waals surface area contributed by atoms with Crippen LogP contribution in [0, 0.1) is 6.92 Å². The van der Waals surface area contributed by atoms with Gasteiger partial charge in [-0.15, -0.1) is 0 Å². The largest absolute Gasteiger partial charge is 0.480 e. The van der Waals surface area contributed by atoms with Crippen LogP contribution in [-0.4, -0.2) is 38.1 Å². The zero-order valence-electron chi connectivity index (χ0n) is 12.1. The van der Waals surface area contributed by atoms with E-state index in [0.29, 0.717) is 14.9 Å². The predicted molar refractivity (Wildman–Crippen MR) is 92.0 cm³/mol. The van der Waals surface area contributed by atoms with Crippen molar-refractivity contribution < 1.29 is 14.7 Å². The molecular formula is C15H13N3O3S2. The van der Waals surface area contributed by atoms with E-state index in [1.165, 1.54) is 11.2 Å². The van der Waals surface area contributed by atoms with E-state index in [2.05, 4.69) is 10.4 Å². The first-order chi connectivity index (χ1) is 10.9. The molecule has 1 atom stereocenters. The third-order valence-electron chi connectivity index (χ3n) is 3.50. The Labute approximate surface area is 142 Å². The van der Waals surface area contributed by atoms with Crippen LogP contribution in [0.3, 0.4) is 0 Å². The molecule has 2 heterocycles. The fourth-order valence-corrected chi connectivity index (χ4v) is 3.31. The fourth-order valence-electron chi connectivity index (χ4n) is 2.30. The Morgan fingerprint density at radius 2 is 2.17 bits per heavy atom. The van der Waals surface area contributed by atoms with Gasteiger partial charge >= 0.3 is 5.97 Å². The van der Waals surface area contributed by atoms with Crippen molar-refractivity contribution in [3.05, 3.63) is 46.5 Å². The number of nitrogens with zero attached hydrogens (tertiary/aromatic N) is 2. The summed E-state index contributed by atoms with van der Waals surface area (Å²) in [6.45, 7) is 1.98. The Kier molecular flexibility index (Phi) is 4.18. The highest BCUT2D eigenvalue weighted by Gasteiger charge is 2.34. The molecule has 1 fully saturated rings. The van der Waals surface area contributed by atoms with Gasteiger partial charge in [-0.2, -0.15) is 5.10 Å². The van der Waals surface area contributed by atoms with Crippen molar-refractivity contribution in [2.75, 3.05) is 0 Å². The van der Waals surface area contributed by atoms with E-state index in [9.17, 15) is 14.7 Å². The SMILES string of the molecule is Cc1ccc(C2=NN(/C=C3\SC(=S)NC3=O)[C@H](C(=O)O)C2)cc1. The van der Waals surface area contributed by atoms with Gasteiger partial charge in [0.1, 0.15) is 4.32 Å². The van der Waals surface area contributed by atoms with Gasteiger partial charge in [-0.25, -0.2) is 4.79 Å². The highest BCUT2D eigenvalue weighted by Crippen LogP contribution is 2.28. The minimum absolute atomic E-state index is 0.277. The normalized spacial score (nSPS) is 22.5. The average Bonchev–Trinajstić information content (AvgIpc) is 3.04. The summed E-state index contributed by atoms with van der Waals surface area (Å²) in [7, 11) is 0. The van der Waals surface area contributed by atoms with Gasteiger partial charge in [0.25, 0.3) is 5.91 Å². The second kappa shape index (κ2) is 6.13. The summed E-state index contributed by atoms with van der Waals surface area (Å²) < 4.78 is 0.357. The molecular weight excluding hydrogens is 334 g/mol. The molecule has 6 nitrogen and oxygen atoms in total. The molecule has 0 bridgehead atoms. The van der Waals surface area contributed by atoms with Crippen LogP contribution in [0.25, 0.3) is 0 Å². The lowest BCUT2D eigenvalue weighted by Gasteiger charge is -2.15. The zero-order valence-corrected chi connectivity index (χ0v) is 13.8. The Morgan fingerprint density at radius 1 is 1.48 bits per heavy atom. The summed E-state index contributed by atoms with van der Waals surface area (Å²) in [5, 5.41) is 17.6. The Balaban J connectivity index is 1.91. The number of thiocarbonyl (C=S) groups is 1. The first-order valence-electron chi connectivity index (χ1n) is 6.84. The van der Waals surface area contributed by atoms with Crippen molar-refractivity contribution in [2.24, 2.45) is 5.10 Å². The van der Waals surface area contributed by atoms with Crippen LogP contribution in [0.5, 0.6) is 0 Å². The first kappa shape index (κ1) is 15.7. The van der Waals surface area contributed by atoms with Gasteiger partial charge in [0.05, 0.1) is 10.6 Å². The van der Waals surface area contributed by atoms with Crippen molar-refractivity contribution in [3.8, 4) is 0 Å². The van der Waals surface area contributed by atoms with Crippen LogP contribution in [0.4, 0.5) is 0 Å². The van der Waals surface area contributed by atoms with Crippen molar-refractivity contribution >= 4 is 45.9 Å². The Morgan fingerprint density at radius 3 is 2.74 bits per heavy atom. The molecule has 2 aliphatic heterocycles. The lowest BCUT2D eigenvalue weighted by Crippen LogP contribution is -2.31. The van der Waals surface area contributed by atoms with E-state index >= 15 is 0 Å². The van der Waals surface area contributed by atoms with E-state index in [0.717, 1.165) is 22.9 Å². The highest BCUT2D eigenvalue weighted by atomic mass is 32.2. The molecule has 0 aliphatic carbocycles. The number of nitrogens with one attached hydrogen (secondary N) is 1. The van der Waals surface area contributed by atoms with Crippen molar-refractivity contribution in [2.45, 2.75) is 19.4 Å². The number of amides is 1. The number of carbonyl (C=O) groups excluding carboxylic acids is 1. The quantitative estimate of drug-likeness (QED) is 0.641. The molecule has 1 amide bonds. The number of aryl methyl sites for hydroxylation is 1. The minimum Gasteiger partial charge on any atom is -0.480 e. The molecule has 0 spiro atoms. The van der Waals surface area contributed by atoms with Crippen LogP contribution in [-0.2, 0) is 9.59 Å². The third kappa shape index (κ3) is 3.27. The van der Waals surface area contributed by atoms with Gasteiger partial charge in [0.15, 0.2) is 6.04 Å². The zero-order chi connectivity index (χ0) is 16.6. The standard InChI is InChI=1S/C15H13N3O3S2/c1-8-2-4-9(5-3-8)10-6-11(14(20)21)18(17-10)7-12-13(19)16-15(22)23-12/h2-5,7,11H,6H2,1H3,(H,20,21)(H,16,19,22)/b12-7-/t11-/m0/s1. The number of aliphatic carboxylic acids is 1. The Bertz CT molecular complexity index is 756. The van der Waals surface area contributed by atoms with E-state index in [-0.39, 0.29) is 12.3 Å². The lowest BCUT2D eigenvalue weighted by atomic mass is 10.0. The number of carboxylic acids is 1. The molecule has 2 aliphatic rings. The second-order valence-corrected chi connectivity index (χ2v) is 6.91. The second-order valence-electron chi connectivity index (χ2n) is 5.19. The van der Waals surface area contributed by atoms with Crippen LogP contribution < -0.4 is 5.32 Å². The lowest BCUT2D eigenvalue weighted by molar-refractivity contribution is -0.141. The topological polar surface area (TPSA) is 82.0 Å². The molecule has 1 saturated heterocycles. The number of benzene rings is 1. The third-order valence-corrected chi connectivity index (χ3v) is 4.65. The van der Waals surface area contributed by atoms with Gasteiger partial charge in [0.2, 0.25) is 0 Å². The van der Waals surface area contributed by atoms with E-state index in [4.69, 9.17) is 12.2 Å². The summed E-state index contributed by atoms with van der Waals surface area (Å²) in [4.78, 5) is 23.6. The van der Waals surface area contributed by atoms with Crippen LogP contribution in [0.2, 0.25) is 0 Å². The van der Waals surface area contributed by atoms with E-state index in [1.807, 2.05) is 31.2 Å². The van der Waals surface area contributed by atoms with E-state index in [1.54, 1.807) is 0 Å². The maximum Gasteiger partial charge on any atom is 0.328 e. The number of hydrazone groups is 1. The monoisotopic (exact) mass is 347 g/mol. The number of carboxylic acid groups (broad SMARTS) is 1. The summed E-state index contributed by atoms with van der Waals surface area (Å²) in [5.41, 5.74) is 2.68. The van der Waals surface area contributed by atoms with Crippen LogP contribution in [0.15, 0.2) is 40.5 Å². The van der Waals surface area contributed by atoms with Gasteiger partial charge in [-0.05, 0) is 12.5 Å². The number of hydrogen-bond donors (Lipinski definition) is 2. The molecule has 3 rings (SSSR count). The molecule has 8 heteroatoms. The van der Waals surface area contributed by atoms with E-state index < -0.39 is 12.0 Å². The molecule has 0 saturated carbocycles. The number of rotatable bonds is 3. The molecule has 2 N–H and O–H groups in total. The fraction of sp³-hybridized carbons (Fsp3) is 0.200. The van der Waals surface area contributed by atoms with Gasteiger partial charge in [0, 0.05) is 12.6 Å². The predicted octanol–water partition coefficient (Wildman–Crippen LogP) is 1.85. The minimum atomic E-state index is -0.987. The smallest absolute Gasteiger partial charge is 0.328 e. The summed E-state index contributed by atoms with van der Waals surface area (Å²) in [6.07, 6.45) is 1.72. The number of thioether (sulfide) groups is 1. The molecule has 0 radical (unpaired) electrons.